The van der Waals surface area contributed by atoms with Gasteiger partial charge in [-0.15, -0.1) is 0 Å². The number of aryl methyl sites for hydroxylation is 1. The highest BCUT2D eigenvalue weighted by Gasteiger charge is 2.06. The van der Waals surface area contributed by atoms with Crippen molar-refractivity contribution in [3.05, 3.63) is 70.9 Å². The van der Waals surface area contributed by atoms with Crippen molar-refractivity contribution in [2.75, 3.05) is 10.6 Å². The summed E-state index contributed by atoms with van der Waals surface area (Å²) in [4.78, 5) is 25.6. The summed E-state index contributed by atoms with van der Waals surface area (Å²) < 4.78 is 1.70. The average Bonchev–Trinajstić information content (AvgIpc) is 2.93. The highest BCUT2D eigenvalue weighted by molar-refractivity contribution is 6.04. The summed E-state index contributed by atoms with van der Waals surface area (Å²) in [6, 6.07) is 10.1. The molecule has 3 N–H and O–H groups in total. The van der Waals surface area contributed by atoms with Crippen LogP contribution < -0.4 is 16.2 Å². The summed E-state index contributed by atoms with van der Waals surface area (Å²) in [6.07, 6.45) is 4.95. The van der Waals surface area contributed by atoms with Crippen LogP contribution in [0, 0.1) is 0 Å². The third kappa shape index (κ3) is 3.65. The minimum absolute atomic E-state index is 0.246. The van der Waals surface area contributed by atoms with Gasteiger partial charge in [0.2, 0.25) is 5.56 Å². The van der Waals surface area contributed by atoms with E-state index in [4.69, 9.17) is 0 Å². The Morgan fingerprint density at radius 2 is 2.00 bits per heavy atom. The number of nitrogens with zero attached hydrogens (tertiary/aromatic N) is 2. The maximum Gasteiger partial charge on any atom is 0.257 e. The van der Waals surface area contributed by atoms with E-state index in [2.05, 4.69) is 20.7 Å². The van der Waals surface area contributed by atoms with Crippen LogP contribution in [0.25, 0.3) is 0 Å². The van der Waals surface area contributed by atoms with E-state index >= 15 is 0 Å². The summed E-state index contributed by atoms with van der Waals surface area (Å²) >= 11 is 0. The molecule has 0 radical (unpaired) electrons. The third-order valence-corrected chi connectivity index (χ3v) is 3.16. The lowest BCUT2D eigenvalue weighted by Crippen LogP contribution is -2.14. The van der Waals surface area contributed by atoms with Crippen LogP contribution in [-0.4, -0.2) is 20.7 Å². The fourth-order valence-electron chi connectivity index (χ4n) is 2.08. The van der Waals surface area contributed by atoms with Crippen molar-refractivity contribution < 1.29 is 4.79 Å². The predicted molar refractivity (Wildman–Crippen MR) is 87.9 cm³/mol. The predicted octanol–water partition coefficient (Wildman–Crippen LogP) is 2.10. The van der Waals surface area contributed by atoms with Crippen LogP contribution in [0.15, 0.2) is 59.8 Å². The van der Waals surface area contributed by atoms with Gasteiger partial charge in [0, 0.05) is 36.9 Å². The van der Waals surface area contributed by atoms with E-state index in [-0.39, 0.29) is 11.5 Å². The summed E-state index contributed by atoms with van der Waals surface area (Å²) in [5.74, 6) is -0.292. The molecule has 3 aromatic rings. The smallest absolute Gasteiger partial charge is 0.257 e. The van der Waals surface area contributed by atoms with Gasteiger partial charge < -0.3 is 15.6 Å². The minimum atomic E-state index is -0.292. The number of H-pyrrole nitrogens is 1. The Balaban J connectivity index is 1.73. The SMILES string of the molecule is Cn1cc(Nc2cccc(NC(=O)c3ccc(=O)[nH]c3)c2)cn1. The number of benzene rings is 1. The molecule has 0 aliphatic heterocycles. The molecule has 1 aromatic carbocycles. The number of anilines is 3. The van der Waals surface area contributed by atoms with Crippen LogP contribution in [0.3, 0.4) is 0 Å². The van der Waals surface area contributed by atoms with Gasteiger partial charge in [-0.2, -0.15) is 5.10 Å². The van der Waals surface area contributed by atoms with E-state index < -0.39 is 0 Å². The number of rotatable bonds is 4. The van der Waals surface area contributed by atoms with Crippen molar-refractivity contribution in [3.8, 4) is 0 Å². The second-order valence-corrected chi connectivity index (χ2v) is 5.00. The molecule has 0 spiro atoms. The standard InChI is InChI=1S/C16H15N5O2/c1-21-10-14(9-18-21)19-12-3-2-4-13(7-12)20-16(23)11-5-6-15(22)17-8-11/h2-10,19H,1H3,(H,17,22)(H,20,23). The van der Waals surface area contributed by atoms with Gasteiger partial charge in [-0.3, -0.25) is 14.3 Å². The van der Waals surface area contributed by atoms with Crippen LogP contribution >= 0.6 is 0 Å². The molecule has 7 heteroatoms. The van der Waals surface area contributed by atoms with Crippen LogP contribution in [0.2, 0.25) is 0 Å². The van der Waals surface area contributed by atoms with Crippen molar-refractivity contribution in [1.29, 1.82) is 0 Å². The highest BCUT2D eigenvalue weighted by atomic mass is 16.1. The number of nitrogens with one attached hydrogen (secondary N) is 3. The fraction of sp³-hybridized carbons (Fsp3) is 0.0625. The quantitative estimate of drug-likeness (QED) is 0.688. The zero-order chi connectivity index (χ0) is 16.2. The van der Waals surface area contributed by atoms with Gasteiger partial charge in [0.05, 0.1) is 17.4 Å². The van der Waals surface area contributed by atoms with Crippen molar-refractivity contribution in [1.82, 2.24) is 14.8 Å². The Labute approximate surface area is 132 Å². The van der Waals surface area contributed by atoms with Gasteiger partial charge in [0.1, 0.15) is 0 Å². The molecule has 0 bridgehead atoms. The zero-order valence-electron chi connectivity index (χ0n) is 12.4. The molecule has 2 heterocycles. The zero-order valence-corrected chi connectivity index (χ0v) is 12.4. The number of carbonyl (C=O) groups is 1. The molecule has 0 saturated heterocycles. The van der Waals surface area contributed by atoms with Crippen LogP contribution in [-0.2, 0) is 7.05 Å². The highest BCUT2D eigenvalue weighted by Crippen LogP contribution is 2.20. The topological polar surface area (TPSA) is 91.8 Å². The first-order valence-corrected chi connectivity index (χ1v) is 6.96. The molecule has 116 valence electrons. The number of amides is 1. The second kappa shape index (κ2) is 6.18. The van der Waals surface area contributed by atoms with Gasteiger partial charge in [0.25, 0.3) is 5.91 Å². The Hall–Kier alpha value is -3.35. The normalized spacial score (nSPS) is 10.3. The van der Waals surface area contributed by atoms with E-state index in [1.807, 2.05) is 31.4 Å². The second-order valence-electron chi connectivity index (χ2n) is 5.00. The molecule has 3 rings (SSSR count). The lowest BCUT2D eigenvalue weighted by molar-refractivity contribution is 0.102. The molecular weight excluding hydrogens is 294 g/mol. The van der Waals surface area contributed by atoms with Crippen LogP contribution in [0.1, 0.15) is 10.4 Å². The van der Waals surface area contributed by atoms with E-state index in [1.54, 1.807) is 16.9 Å². The molecule has 1 amide bonds. The number of aromatic nitrogens is 3. The molecule has 7 nitrogen and oxygen atoms in total. The molecule has 0 fully saturated rings. The van der Waals surface area contributed by atoms with Crippen LogP contribution in [0.5, 0.6) is 0 Å². The summed E-state index contributed by atoms with van der Waals surface area (Å²) in [7, 11) is 1.84. The Morgan fingerprint density at radius 3 is 2.70 bits per heavy atom. The van der Waals surface area contributed by atoms with Gasteiger partial charge in [-0.1, -0.05) is 6.07 Å². The van der Waals surface area contributed by atoms with E-state index in [9.17, 15) is 9.59 Å². The Morgan fingerprint density at radius 1 is 1.17 bits per heavy atom. The van der Waals surface area contributed by atoms with Gasteiger partial charge in [-0.05, 0) is 24.3 Å². The first-order valence-electron chi connectivity index (χ1n) is 6.96. The molecule has 0 unspecified atom stereocenters. The Bertz CT molecular complexity index is 877. The minimum Gasteiger partial charge on any atom is -0.353 e. The number of hydrogen-bond donors (Lipinski definition) is 3. The number of carbonyl (C=O) groups excluding carboxylic acids is 1. The lowest BCUT2D eigenvalue weighted by Gasteiger charge is -2.08. The fourth-order valence-corrected chi connectivity index (χ4v) is 2.08. The largest absolute Gasteiger partial charge is 0.353 e. The van der Waals surface area contributed by atoms with Gasteiger partial charge >= 0.3 is 0 Å². The molecule has 0 saturated carbocycles. The summed E-state index contributed by atoms with van der Waals surface area (Å²) in [6.45, 7) is 0. The van der Waals surface area contributed by atoms with Crippen LogP contribution in [0.4, 0.5) is 17.1 Å². The molecule has 0 aliphatic carbocycles. The Kier molecular flexibility index (Phi) is 3.92. The molecule has 0 aliphatic rings. The lowest BCUT2D eigenvalue weighted by atomic mass is 10.2. The number of hydrogen-bond acceptors (Lipinski definition) is 4. The monoisotopic (exact) mass is 309 g/mol. The maximum absolute atomic E-state index is 12.1. The van der Waals surface area contributed by atoms with E-state index in [0.29, 0.717) is 11.3 Å². The first-order chi connectivity index (χ1) is 11.1. The average molecular weight is 309 g/mol. The van der Waals surface area contributed by atoms with E-state index in [0.717, 1.165) is 11.4 Å². The molecular formula is C16H15N5O2. The number of aromatic amines is 1. The van der Waals surface area contributed by atoms with Gasteiger partial charge in [-0.25, -0.2) is 0 Å². The van der Waals surface area contributed by atoms with E-state index in [1.165, 1.54) is 18.3 Å². The van der Waals surface area contributed by atoms with Gasteiger partial charge in [0.15, 0.2) is 0 Å². The molecule has 2 aromatic heterocycles. The molecule has 23 heavy (non-hydrogen) atoms. The summed E-state index contributed by atoms with van der Waals surface area (Å²) in [5, 5.41) is 10.1. The van der Waals surface area contributed by atoms with Crippen molar-refractivity contribution in [2.24, 2.45) is 7.05 Å². The molecule has 0 atom stereocenters. The number of pyridine rings is 1. The van der Waals surface area contributed by atoms with Crippen molar-refractivity contribution in [2.45, 2.75) is 0 Å². The summed E-state index contributed by atoms with van der Waals surface area (Å²) in [5.41, 5.74) is 2.48. The third-order valence-electron chi connectivity index (χ3n) is 3.16. The van der Waals surface area contributed by atoms with Crippen molar-refractivity contribution >= 4 is 23.0 Å². The maximum atomic E-state index is 12.1. The first kappa shape index (κ1) is 14.6. The van der Waals surface area contributed by atoms with Crippen molar-refractivity contribution in [3.63, 3.8) is 0 Å².